The predicted molar refractivity (Wildman–Crippen MR) is 92.3 cm³/mol. The topological polar surface area (TPSA) is 52.6 Å². The van der Waals surface area contributed by atoms with E-state index in [1.165, 1.54) is 5.69 Å². The van der Waals surface area contributed by atoms with Gasteiger partial charge in [-0.3, -0.25) is 4.79 Å². The fraction of sp³-hybridized carbons (Fsp3) is 0.632. The Balaban J connectivity index is 1.37. The number of para-hydroxylation sites is 1. The van der Waals surface area contributed by atoms with Crippen molar-refractivity contribution in [3.63, 3.8) is 0 Å². The molecule has 0 spiro atoms. The van der Waals surface area contributed by atoms with Crippen molar-refractivity contribution in [2.75, 3.05) is 18.5 Å². The van der Waals surface area contributed by atoms with Crippen molar-refractivity contribution in [1.29, 1.82) is 0 Å². The smallest absolute Gasteiger partial charge is 0.223 e. The highest BCUT2D eigenvalue weighted by Crippen LogP contribution is 2.41. The van der Waals surface area contributed by atoms with Crippen LogP contribution < -0.4 is 10.2 Å². The molecule has 4 heteroatoms. The molecule has 2 N–H and O–H groups in total. The molecule has 23 heavy (non-hydrogen) atoms. The molecule has 2 aliphatic rings. The Kier molecular flexibility index (Phi) is 5.21. The Bertz CT molecular complexity index is 511. The van der Waals surface area contributed by atoms with Gasteiger partial charge in [-0.05, 0) is 56.6 Å². The van der Waals surface area contributed by atoms with Gasteiger partial charge < -0.3 is 15.3 Å². The number of hydrogen-bond donors (Lipinski definition) is 2. The van der Waals surface area contributed by atoms with Gasteiger partial charge in [0.15, 0.2) is 0 Å². The largest absolute Gasteiger partial charge is 0.393 e. The number of aliphatic hydroxyl groups is 1. The Morgan fingerprint density at radius 1 is 1.22 bits per heavy atom. The van der Waals surface area contributed by atoms with E-state index in [1.54, 1.807) is 0 Å². The third-order valence-electron chi connectivity index (χ3n) is 5.33. The molecule has 1 amide bonds. The van der Waals surface area contributed by atoms with E-state index in [4.69, 9.17) is 0 Å². The summed E-state index contributed by atoms with van der Waals surface area (Å²) in [7, 11) is 2.11. The van der Waals surface area contributed by atoms with Crippen molar-refractivity contribution in [1.82, 2.24) is 5.32 Å². The number of amides is 1. The third kappa shape index (κ3) is 4.47. The minimum absolute atomic E-state index is 0.162. The number of carbonyl (C=O) groups excluding carboxylic acids is 1. The average molecular weight is 316 g/mol. The summed E-state index contributed by atoms with van der Waals surface area (Å²) in [5.41, 5.74) is 1.23. The molecule has 0 bridgehead atoms. The minimum atomic E-state index is -0.162. The lowest BCUT2D eigenvalue weighted by Crippen LogP contribution is -2.39. The van der Waals surface area contributed by atoms with E-state index < -0.39 is 0 Å². The number of aliphatic hydroxyl groups excluding tert-OH is 1. The summed E-state index contributed by atoms with van der Waals surface area (Å²) in [5.74, 6) is 0.986. The molecule has 0 heterocycles. The first-order valence-electron chi connectivity index (χ1n) is 8.88. The molecule has 0 saturated heterocycles. The molecule has 0 aliphatic heterocycles. The molecule has 0 radical (unpaired) electrons. The van der Waals surface area contributed by atoms with Gasteiger partial charge in [0.05, 0.1) is 6.10 Å². The fourth-order valence-electron chi connectivity index (χ4n) is 3.59. The van der Waals surface area contributed by atoms with Crippen LogP contribution in [0.25, 0.3) is 0 Å². The van der Waals surface area contributed by atoms with Crippen molar-refractivity contribution in [3.8, 4) is 0 Å². The zero-order valence-corrected chi connectivity index (χ0v) is 13.9. The SMILES string of the molecule is CN(CCC1CC1C(=O)NC1CCC(O)CC1)c1ccccc1. The Morgan fingerprint density at radius 2 is 1.91 bits per heavy atom. The van der Waals surface area contributed by atoms with E-state index in [0.717, 1.165) is 45.1 Å². The van der Waals surface area contributed by atoms with Crippen LogP contribution >= 0.6 is 0 Å². The highest BCUT2D eigenvalue weighted by atomic mass is 16.3. The van der Waals surface area contributed by atoms with E-state index in [0.29, 0.717) is 5.92 Å². The second-order valence-electron chi connectivity index (χ2n) is 7.16. The average Bonchev–Trinajstić information content (AvgIpc) is 3.35. The summed E-state index contributed by atoms with van der Waals surface area (Å²) < 4.78 is 0. The van der Waals surface area contributed by atoms with Crippen LogP contribution in [0.1, 0.15) is 38.5 Å². The zero-order chi connectivity index (χ0) is 16.2. The molecular formula is C19H28N2O2. The van der Waals surface area contributed by atoms with Crippen LogP contribution in [-0.4, -0.2) is 36.8 Å². The van der Waals surface area contributed by atoms with E-state index in [2.05, 4.69) is 41.5 Å². The second-order valence-corrected chi connectivity index (χ2v) is 7.16. The lowest BCUT2D eigenvalue weighted by Gasteiger charge is -2.26. The van der Waals surface area contributed by atoms with Gasteiger partial charge in [-0.1, -0.05) is 18.2 Å². The normalized spacial score (nSPS) is 29.8. The second kappa shape index (κ2) is 7.35. The highest BCUT2D eigenvalue weighted by Gasteiger charge is 2.43. The van der Waals surface area contributed by atoms with Crippen LogP contribution in [-0.2, 0) is 4.79 Å². The van der Waals surface area contributed by atoms with Gasteiger partial charge in [0.2, 0.25) is 5.91 Å². The molecule has 1 aromatic rings. The number of nitrogens with zero attached hydrogens (tertiary/aromatic N) is 1. The van der Waals surface area contributed by atoms with Gasteiger partial charge in [0.25, 0.3) is 0 Å². The van der Waals surface area contributed by atoms with Crippen LogP contribution in [0.2, 0.25) is 0 Å². The summed E-state index contributed by atoms with van der Waals surface area (Å²) in [6.07, 6.45) is 5.42. The van der Waals surface area contributed by atoms with Crippen molar-refractivity contribution in [2.45, 2.75) is 50.7 Å². The minimum Gasteiger partial charge on any atom is -0.393 e. The molecule has 2 aliphatic carbocycles. The molecule has 2 fully saturated rings. The Labute approximate surface area is 138 Å². The predicted octanol–water partition coefficient (Wildman–Crippen LogP) is 2.57. The van der Waals surface area contributed by atoms with E-state index >= 15 is 0 Å². The summed E-state index contributed by atoms with van der Waals surface area (Å²) >= 11 is 0. The Morgan fingerprint density at radius 3 is 2.61 bits per heavy atom. The summed E-state index contributed by atoms with van der Waals surface area (Å²) in [6, 6.07) is 10.7. The summed E-state index contributed by atoms with van der Waals surface area (Å²) in [4.78, 5) is 14.6. The van der Waals surface area contributed by atoms with E-state index in [9.17, 15) is 9.90 Å². The lowest BCUT2D eigenvalue weighted by molar-refractivity contribution is -0.123. The van der Waals surface area contributed by atoms with Crippen LogP contribution in [0.5, 0.6) is 0 Å². The van der Waals surface area contributed by atoms with Crippen molar-refractivity contribution < 1.29 is 9.90 Å². The molecule has 4 nitrogen and oxygen atoms in total. The van der Waals surface area contributed by atoms with Gasteiger partial charge in [-0.25, -0.2) is 0 Å². The molecule has 0 aromatic heterocycles. The van der Waals surface area contributed by atoms with Gasteiger partial charge in [-0.2, -0.15) is 0 Å². The molecule has 1 aromatic carbocycles. The molecule has 2 atom stereocenters. The molecular weight excluding hydrogens is 288 g/mol. The van der Waals surface area contributed by atoms with Crippen LogP contribution in [0.4, 0.5) is 5.69 Å². The standard InChI is InChI=1S/C19H28N2O2/c1-21(16-5-3-2-4-6-16)12-11-14-13-18(14)19(23)20-15-7-9-17(22)10-8-15/h2-6,14-15,17-18,22H,7-13H2,1H3,(H,20,23). The van der Waals surface area contributed by atoms with Gasteiger partial charge >= 0.3 is 0 Å². The maximum absolute atomic E-state index is 12.3. The Hall–Kier alpha value is -1.55. The maximum atomic E-state index is 12.3. The first-order chi connectivity index (χ1) is 11.1. The number of nitrogens with one attached hydrogen (secondary N) is 1. The maximum Gasteiger partial charge on any atom is 0.223 e. The first-order valence-corrected chi connectivity index (χ1v) is 8.88. The van der Waals surface area contributed by atoms with Crippen LogP contribution in [0.15, 0.2) is 30.3 Å². The summed E-state index contributed by atoms with van der Waals surface area (Å²) in [5, 5.41) is 12.7. The summed E-state index contributed by atoms with van der Waals surface area (Å²) in [6.45, 7) is 0.994. The van der Waals surface area contributed by atoms with Crippen LogP contribution in [0.3, 0.4) is 0 Å². The molecule has 3 rings (SSSR count). The number of hydrogen-bond acceptors (Lipinski definition) is 3. The molecule has 126 valence electrons. The van der Waals surface area contributed by atoms with Crippen molar-refractivity contribution in [3.05, 3.63) is 30.3 Å². The molecule has 2 unspecified atom stereocenters. The number of carbonyl (C=O) groups is 1. The number of rotatable bonds is 6. The van der Waals surface area contributed by atoms with Gasteiger partial charge in [-0.15, -0.1) is 0 Å². The monoisotopic (exact) mass is 316 g/mol. The lowest BCUT2D eigenvalue weighted by atomic mass is 9.93. The van der Waals surface area contributed by atoms with E-state index in [-0.39, 0.29) is 24.0 Å². The number of benzene rings is 1. The van der Waals surface area contributed by atoms with Crippen molar-refractivity contribution >= 4 is 11.6 Å². The van der Waals surface area contributed by atoms with Gasteiger partial charge in [0.1, 0.15) is 0 Å². The molecule has 2 saturated carbocycles. The van der Waals surface area contributed by atoms with Gasteiger partial charge in [0, 0.05) is 31.2 Å². The highest BCUT2D eigenvalue weighted by molar-refractivity contribution is 5.81. The van der Waals surface area contributed by atoms with Crippen molar-refractivity contribution in [2.24, 2.45) is 11.8 Å². The quantitative estimate of drug-likeness (QED) is 0.848. The van der Waals surface area contributed by atoms with E-state index in [1.807, 2.05) is 6.07 Å². The first kappa shape index (κ1) is 16.3. The zero-order valence-electron chi connectivity index (χ0n) is 13.9. The third-order valence-corrected chi connectivity index (χ3v) is 5.33. The fourth-order valence-corrected chi connectivity index (χ4v) is 3.59. The number of anilines is 1. The van der Waals surface area contributed by atoms with Crippen LogP contribution in [0, 0.1) is 11.8 Å².